The van der Waals surface area contributed by atoms with Gasteiger partial charge in [-0.15, -0.1) is 11.3 Å². The number of thiophene rings is 1. The Labute approximate surface area is 122 Å². The molecule has 3 nitrogen and oxygen atoms in total. The van der Waals surface area contributed by atoms with Crippen LogP contribution >= 0.6 is 22.9 Å². The van der Waals surface area contributed by atoms with Gasteiger partial charge >= 0.3 is 0 Å². The minimum absolute atomic E-state index is 0.338. The van der Waals surface area contributed by atoms with Crippen molar-refractivity contribution in [1.82, 2.24) is 0 Å². The molecule has 1 aliphatic carbocycles. The summed E-state index contributed by atoms with van der Waals surface area (Å²) in [7, 11) is -3.34. The fourth-order valence-corrected chi connectivity index (χ4v) is 5.52. The van der Waals surface area contributed by atoms with Crippen molar-refractivity contribution in [3.05, 3.63) is 21.3 Å². The second-order valence-corrected chi connectivity index (χ2v) is 9.22. The van der Waals surface area contributed by atoms with Crippen LogP contribution in [0.1, 0.15) is 42.3 Å². The zero-order valence-corrected chi connectivity index (χ0v) is 13.2. The highest BCUT2D eigenvalue weighted by Crippen LogP contribution is 2.29. The summed E-state index contributed by atoms with van der Waals surface area (Å²) in [4.78, 5) is 12.4. The first-order valence-corrected chi connectivity index (χ1v) is 9.29. The van der Waals surface area contributed by atoms with Gasteiger partial charge in [0.15, 0.2) is 15.6 Å². The number of carbonyl (C=O) groups excluding carboxylic acids is 1. The van der Waals surface area contributed by atoms with Crippen LogP contribution in [0.2, 0.25) is 4.34 Å². The fourth-order valence-electron chi connectivity index (χ4n) is 2.54. The lowest BCUT2D eigenvalue weighted by molar-refractivity contribution is 0.102. The predicted molar refractivity (Wildman–Crippen MR) is 78.9 cm³/mol. The summed E-state index contributed by atoms with van der Waals surface area (Å²) >= 11 is 6.90. The van der Waals surface area contributed by atoms with E-state index >= 15 is 0 Å². The Morgan fingerprint density at radius 2 is 2.16 bits per heavy atom. The summed E-state index contributed by atoms with van der Waals surface area (Å²) in [5.74, 6) is -0.295. The zero-order valence-electron chi connectivity index (χ0n) is 10.8. The normalized spacial score (nSPS) is 24.3. The standard InChI is InChI=1S/C13H17ClO3S2/c1-9-3-2-4-10(7-9)19(16,17)8-11(15)12-5-6-13(14)18-12/h5-6,9-10H,2-4,7-8H2,1H3. The Morgan fingerprint density at radius 3 is 2.74 bits per heavy atom. The third-order valence-electron chi connectivity index (χ3n) is 3.58. The van der Waals surface area contributed by atoms with Crippen LogP contribution in [0.3, 0.4) is 0 Å². The fraction of sp³-hybridized carbons (Fsp3) is 0.615. The molecule has 2 rings (SSSR count). The molecule has 1 saturated carbocycles. The summed E-state index contributed by atoms with van der Waals surface area (Å²) in [6.45, 7) is 2.07. The Bertz CT molecular complexity index is 562. The summed E-state index contributed by atoms with van der Waals surface area (Å²) < 4.78 is 25.1. The van der Waals surface area contributed by atoms with E-state index in [1.165, 1.54) is 0 Å². The number of hydrogen-bond donors (Lipinski definition) is 0. The number of Topliss-reactive ketones (excluding diaryl/α,β-unsaturated/α-hetero) is 1. The van der Waals surface area contributed by atoms with E-state index in [9.17, 15) is 13.2 Å². The molecule has 19 heavy (non-hydrogen) atoms. The van der Waals surface area contributed by atoms with Crippen LogP contribution in [-0.2, 0) is 9.84 Å². The van der Waals surface area contributed by atoms with E-state index in [-0.39, 0.29) is 16.8 Å². The monoisotopic (exact) mass is 320 g/mol. The third kappa shape index (κ3) is 3.80. The Morgan fingerprint density at radius 1 is 1.42 bits per heavy atom. The number of carbonyl (C=O) groups is 1. The van der Waals surface area contributed by atoms with Gasteiger partial charge in [-0.2, -0.15) is 0 Å². The molecule has 2 unspecified atom stereocenters. The number of ketones is 1. The zero-order chi connectivity index (χ0) is 14.0. The van der Waals surface area contributed by atoms with Crippen molar-refractivity contribution in [3.8, 4) is 0 Å². The molecular formula is C13H17ClO3S2. The van der Waals surface area contributed by atoms with Crippen LogP contribution in [-0.4, -0.2) is 25.2 Å². The van der Waals surface area contributed by atoms with Gasteiger partial charge in [0.1, 0.15) is 5.75 Å². The number of halogens is 1. The molecule has 1 aliphatic rings. The molecule has 2 atom stereocenters. The molecule has 0 saturated heterocycles. The van der Waals surface area contributed by atoms with Crippen molar-refractivity contribution in [2.24, 2.45) is 5.92 Å². The second kappa shape index (κ2) is 5.94. The van der Waals surface area contributed by atoms with Gasteiger partial charge in [0.05, 0.1) is 14.5 Å². The molecule has 0 N–H and O–H groups in total. The Kier molecular flexibility index (Phi) is 4.69. The molecular weight excluding hydrogens is 304 g/mol. The van der Waals surface area contributed by atoms with E-state index in [0.29, 0.717) is 28.0 Å². The van der Waals surface area contributed by atoms with Gasteiger partial charge in [0, 0.05) is 0 Å². The van der Waals surface area contributed by atoms with Crippen LogP contribution in [0.15, 0.2) is 12.1 Å². The van der Waals surface area contributed by atoms with Crippen LogP contribution in [0, 0.1) is 5.92 Å². The second-order valence-electron chi connectivity index (χ2n) is 5.23. The van der Waals surface area contributed by atoms with Crippen molar-refractivity contribution in [1.29, 1.82) is 0 Å². The lowest BCUT2D eigenvalue weighted by atomic mass is 9.91. The molecule has 1 heterocycles. The van der Waals surface area contributed by atoms with Crippen LogP contribution < -0.4 is 0 Å². The number of sulfone groups is 1. The van der Waals surface area contributed by atoms with Gasteiger partial charge in [-0.05, 0) is 30.9 Å². The van der Waals surface area contributed by atoms with Crippen molar-refractivity contribution in [2.75, 3.05) is 5.75 Å². The smallest absolute Gasteiger partial charge is 0.187 e. The van der Waals surface area contributed by atoms with Crippen LogP contribution in [0.25, 0.3) is 0 Å². The average molecular weight is 321 g/mol. The molecule has 0 aromatic carbocycles. The Balaban J connectivity index is 2.06. The third-order valence-corrected chi connectivity index (χ3v) is 6.96. The van der Waals surface area contributed by atoms with E-state index in [1.54, 1.807) is 12.1 Å². The molecule has 1 fully saturated rings. The van der Waals surface area contributed by atoms with E-state index in [2.05, 4.69) is 6.92 Å². The summed E-state index contributed by atoms with van der Waals surface area (Å²) in [5, 5.41) is -0.351. The maximum absolute atomic E-state index is 12.3. The van der Waals surface area contributed by atoms with Gasteiger partial charge < -0.3 is 0 Å². The van der Waals surface area contributed by atoms with Crippen molar-refractivity contribution in [2.45, 2.75) is 37.9 Å². The molecule has 106 valence electrons. The highest BCUT2D eigenvalue weighted by atomic mass is 35.5. The average Bonchev–Trinajstić information content (AvgIpc) is 2.75. The molecule has 1 aromatic heterocycles. The summed E-state index contributed by atoms with van der Waals surface area (Å²) in [5.41, 5.74) is 0. The van der Waals surface area contributed by atoms with Crippen molar-refractivity contribution < 1.29 is 13.2 Å². The van der Waals surface area contributed by atoms with E-state index in [0.717, 1.165) is 24.2 Å². The summed E-state index contributed by atoms with van der Waals surface area (Å²) in [6.07, 6.45) is 3.39. The quantitative estimate of drug-likeness (QED) is 0.797. The highest BCUT2D eigenvalue weighted by Gasteiger charge is 2.32. The van der Waals surface area contributed by atoms with Crippen molar-refractivity contribution in [3.63, 3.8) is 0 Å². The Hall–Kier alpha value is -0.390. The van der Waals surface area contributed by atoms with Gasteiger partial charge in [-0.25, -0.2) is 8.42 Å². The minimum atomic E-state index is -3.34. The van der Waals surface area contributed by atoms with Gasteiger partial charge in [0.25, 0.3) is 0 Å². The topological polar surface area (TPSA) is 51.2 Å². The van der Waals surface area contributed by atoms with Gasteiger partial charge in [-0.1, -0.05) is 31.4 Å². The molecule has 0 radical (unpaired) electrons. The van der Waals surface area contributed by atoms with Crippen LogP contribution in [0.4, 0.5) is 0 Å². The molecule has 0 bridgehead atoms. The van der Waals surface area contributed by atoms with Gasteiger partial charge in [0.2, 0.25) is 0 Å². The highest BCUT2D eigenvalue weighted by molar-refractivity contribution is 7.92. The molecule has 0 spiro atoms. The van der Waals surface area contributed by atoms with Crippen molar-refractivity contribution >= 4 is 38.6 Å². The largest absolute Gasteiger partial charge is 0.292 e. The number of hydrogen-bond acceptors (Lipinski definition) is 4. The first-order valence-electron chi connectivity index (χ1n) is 6.38. The molecule has 0 amide bonds. The summed E-state index contributed by atoms with van der Waals surface area (Å²) in [6, 6.07) is 3.21. The number of rotatable bonds is 4. The van der Waals surface area contributed by atoms with E-state index < -0.39 is 9.84 Å². The molecule has 0 aliphatic heterocycles. The van der Waals surface area contributed by atoms with Crippen LogP contribution in [0.5, 0.6) is 0 Å². The first kappa shape index (κ1) is 15.0. The molecule has 6 heteroatoms. The SMILES string of the molecule is CC1CCCC(S(=O)(=O)CC(=O)c2ccc(Cl)s2)C1. The maximum atomic E-state index is 12.3. The lowest BCUT2D eigenvalue weighted by Gasteiger charge is -2.26. The lowest BCUT2D eigenvalue weighted by Crippen LogP contribution is -2.31. The van der Waals surface area contributed by atoms with E-state index in [4.69, 9.17) is 11.6 Å². The van der Waals surface area contributed by atoms with E-state index in [1.807, 2.05) is 0 Å². The first-order chi connectivity index (χ1) is 8.88. The predicted octanol–water partition coefficient (Wildman–Crippen LogP) is 3.58. The minimum Gasteiger partial charge on any atom is -0.292 e. The molecule has 1 aromatic rings. The van der Waals surface area contributed by atoms with Gasteiger partial charge in [-0.3, -0.25) is 4.79 Å². The maximum Gasteiger partial charge on any atom is 0.187 e.